The Balaban J connectivity index is 1.57. The molecule has 1 atom stereocenters. The topological polar surface area (TPSA) is 99.7 Å². The number of esters is 1. The molecule has 4 aromatic rings. The van der Waals surface area contributed by atoms with Crippen LogP contribution in [0.3, 0.4) is 0 Å². The molecule has 3 aromatic carbocycles. The van der Waals surface area contributed by atoms with Crippen molar-refractivity contribution in [1.82, 2.24) is 9.88 Å². The van der Waals surface area contributed by atoms with Crippen LogP contribution in [0.2, 0.25) is 0 Å². The number of fused-ring (bicyclic) bond motifs is 1. The highest BCUT2D eigenvalue weighted by atomic mass is 16.5. The number of aromatic amines is 1. The van der Waals surface area contributed by atoms with Crippen molar-refractivity contribution in [2.75, 3.05) is 0 Å². The van der Waals surface area contributed by atoms with Crippen molar-refractivity contribution in [3.05, 3.63) is 112 Å². The molecule has 1 aromatic heterocycles. The lowest BCUT2D eigenvalue weighted by molar-refractivity contribution is -0.140. The SMILES string of the molecule is Cc1cccc(C2/C(=C(/O)c3c[nH]c4ccccc34)C(=O)C(=O)N2Cc2ccc(C(=O)OC(C)C)cc2)c1. The highest BCUT2D eigenvalue weighted by molar-refractivity contribution is 6.46. The number of Topliss-reactive ketones (excluding diaryl/α,β-unsaturated/α-hetero) is 1. The second-order valence-electron chi connectivity index (χ2n) is 9.74. The second-order valence-corrected chi connectivity index (χ2v) is 9.74. The van der Waals surface area contributed by atoms with E-state index in [1.54, 1.807) is 44.3 Å². The Hall–Kier alpha value is -4.65. The third kappa shape index (κ3) is 4.59. The first-order valence-electron chi connectivity index (χ1n) is 12.5. The van der Waals surface area contributed by atoms with Gasteiger partial charge in [0.25, 0.3) is 11.7 Å². The Labute approximate surface area is 220 Å². The van der Waals surface area contributed by atoms with E-state index in [2.05, 4.69) is 4.98 Å². The van der Waals surface area contributed by atoms with Crippen LogP contribution in [0.15, 0.2) is 84.6 Å². The summed E-state index contributed by atoms with van der Waals surface area (Å²) < 4.78 is 5.25. The number of aryl methyl sites for hydroxylation is 1. The first-order valence-corrected chi connectivity index (χ1v) is 12.5. The highest BCUT2D eigenvalue weighted by Gasteiger charge is 2.46. The number of hydrogen-bond donors (Lipinski definition) is 2. The van der Waals surface area contributed by atoms with E-state index in [4.69, 9.17) is 4.74 Å². The van der Waals surface area contributed by atoms with E-state index in [0.717, 1.165) is 27.6 Å². The quantitative estimate of drug-likeness (QED) is 0.151. The molecule has 5 rings (SSSR count). The summed E-state index contributed by atoms with van der Waals surface area (Å²) in [5.41, 5.74) is 4.14. The maximum atomic E-state index is 13.4. The van der Waals surface area contributed by atoms with Crippen LogP contribution in [0.25, 0.3) is 16.7 Å². The maximum Gasteiger partial charge on any atom is 0.338 e. The molecule has 7 heteroatoms. The third-order valence-electron chi connectivity index (χ3n) is 6.63. The number of hydrogen-bond acceptors (Lipinski definition) is 5. The molecule has 2 heterocycles. The Morgan fingerprint density at radius 3 is 2.47 bits per heavy atom. The van der Waals surface area contributed by atoms with Gasteiger partial charge in [0, 0.05) is 29.2 Å². The zero-order valence-electron chi connectivity index (χ0n) is 21.4. The van der Waals surface area contributed by atoms with Gasteiger partial charge in [0.15, 0.2) is 0 Å². The molecule has 0 radical (unpaired) electrons. The fourth-order valence-electron chi connectivity index (χ4n) is 4.87. The van der Waals surface area contributed by atoms with Crippen molar-refractivity contribution in [1.29, 1.82) is 0 Å². The van der Waals surface area contributed by atoms with Gasteiger partial charge in [-0.25, -0.2) is 4.79 Å². The van der Waals surface area contributed by atoms with Gasteiger partial charge in [-0.15, -0.1) is 0 Å². The molecule has 1 saturated heterocycles. The number of rotatable bonds is 6. The first-order chi connectivity index (χ1) is 18.2. The van der Waals surface area contributed by atoms with Crippen LogP contribution in [0, 0.1) is 6.92 Å². The number of ketones is 1. The Bertz CT molecular complexity index is 1580. The number of aliphatic hydroxyl groups excluding tert-OH is 1. The third-order valence-corrected chi connectivity index (χ3v) is 6.63. The van der Waals surface area contributed by atoms with Crippen molar-refractivity contribution in [2.45, 2.75) is 39.5 Å². The van der Waals surface area contributed by atoms with Crippen LogP contribution in [0.1, 0.15) is 52.5 Å². The number of para-hydroxylation sites is 1. The summed E-state index contributed by atoms with van der Waals surface area (Å²) in [6.45, 7) is 5.62. The largest absolute Gasteiger partial charge is 0.507 e. The number of H-pyrrole nitrogens is 1. The van der Waals surface area contributed by atoms with E-state index in [0.29, 0.717) is 11.1 Å². The number of carbonyl (C=O) groups excluding carboxylic acids is 3. The molecule has 1 fully saturated rings. The van der Waals surface area contributed by atoms with Gasteiger partial charge in [-0.1, -0.05) is 60.2 Å². The summed E-state index contributed by atoms with van der Waals surface area (Å²) in [7, 11) is 0. The molecule has 1 aliphatic heterocycles. The minimum atomic E-state index is -0.783. The van der Waals surface area contributed by atoms with E-state index in [-0.39, 0.29) is 24.0 Å². The fraction of sp³-hybridized carbons (Fsp3) is 0.194. The lowest BCUT2D eigenvalue weighted by Crippen LogP contribution is -2.29. The molecule has 1 amide bonds. The smallest absolute Gasteiger partial charge is 0.338 e. The number of likely N-dealkylation sites (tertiary alicyclic amines) is 1. The van der Waals surface area contributed by atoms with Gasteiger partial charge in [-0.05, 0) is 50.1 Å². The van der Waals surface area contributed by atoms with Gasteiger partial charge in [-0.2, -0.15) is 0 Å². The number of ether oxygens (including phenoxy) is 1. The minimum Gasteiger partial charge on any atom is -0.507 e. The van der Waals surface area contributed by atoms with Crippen molar-refractivity contribution in [3.63, 3.8) is 0 Å². The number of aliphatic hydroxyl groups is 1. The lowest BCUT2D eigenvalue weighted by atomic mass is 9.94. The van der Waals surface area contributed by atoms with E-state index in [1.807, 2.05) is 55.5 Å². The molecule has 0 aliphatic carbocycles. The summed E-state index contributed by atoms with van der Waals surface area (Å²) in [6.07, 6.45) is 1.41. The van der Waals surface area contributed by atoms with Gasteiger partial charge in [0.2, 0.25) is 0 Å². The van der Waals surface area contributed by atoms with Crippen LogP contribution in [0.4, 0.5) is 0 Å². The van der Waals surface area contributed by atoms with E-state index in [9.17, 15) is 19.5 Å². The summed E-state index contributed by atoms with van der Waals surface area (Å²) in [5.74, 6) is -2.08. The zero-order chi connectivity index (χ0) is 27.0. The van der Waals surface area contributed by atoms with Crippen molar-refractivity contribution in [3.8, 4) is 0 Å². The molecule has 192 valence electrons. The van der Waals surface area contributed by atoms with E-state index in [1.165, 1.54) is 4.90 Å². The molecular formula is C31H28N2O5. The highest BCUT2D eigenvalue weighted by Crippen LogP contribution is 2.41. The normalized spacial score (nSPS) is 16.9. The average molecular weight is 509 g/mol. The number of nitrogens with one attached hydrogen (secondary N) is 1. The Morgan fingerprint density at radius 2 is 1.76 bits per heavy atom. The lowest BCUT2D eigenvalue weighted by Gasteiger charge is -2.25. The van der Waals surface area contributed by atoms with Crippen molar-refractivity contribution < 1.29 is 24.2 Å². The number of aromatic nitrogens is 1. The van der Waals surface area contributed by atoms with Crippen molar-refractivity contribution >= 4 is 34.3 Å². The van der Waals surface area contributed by atoms with E-state index < -0.39 is 23.7 Å². The number of carbonyl (C=O) groups is 3. The molecule has 38 heavy (non-hydrogen) atoms. The number of amides is 1. The van der Waals surface area contributed by atoms with E-state index >= 15 is 0 Å². The van der Waals surface area contributed by atoms with Crippen LogP contribution in [-0.4, -0.2) is 38.8 Å². The average Bonchev–Trinajstić information content (AvgIpc) is 3.43. The van der Waals surface area contributed by atoms with Crippen LogP contribution in [-0.2, 0) is 20.9 Å². The van der Waals surface area contributed by atoms with Gasteiger partial charge in [0.1, 0.15) is 5.76 Å². The Morgan fingerprint density at radius 1 is 1.03 bits per heavy atom. The van der Waals surface area contributed by atoms with Gasteiger partial charge >= 0.3 is 5.97 Å². The summed E-state index contributed by atoms with van der Waals surface area (Å²) in [6, 6.07) is 21.0. The predicted octanol–water partition coefficient (Wildman–Crippen LogP) is 5.66. The molecule has 2 N–H and O–H groups in total. The van der Waals surface area contributed by atoms with Gasteiger partial charge in [-0.3, -0.25) is 9.59 Å². The molecule has 0 saturated carbocycles. The monoisotopic (exact) mass is 508 g/mol. The van der Waals surface area contributed by atoms with Crippen LogP contribution >= 0.6 is 0 Å². The molecule has 0 bridgehead atoms. The maximum absolute atomic E-state index is 13.4. The molecule has 0 spiro atoms. The number of nitrogens with zero attached hydrogens (tertiary/aromatic N) is 1. The summed E-state index contributed by atoms with van der Waals surface area (Å²) in [5, 5.41) is 12.2. The predicted molar refractivity (Wildman–Crippen MR) is 144 cm³/mol. The molecule has 1 unspecified atom stereocenters. The zero-order valence-corrected chi connectivity index (χ0v) is 21.4. The second kappa shape index (κ2) is 10.0. The molecular weight excluding hydrogens is 480 g/mol. The van der Waals surface area contributed by atoms with Crippen LogP contribution < -0.4 is 0 Å². The molecule has 7 nitrogen and oxygen atoms in total. The van der Waals surface area contributed by atoms with Gasteiger partial charge in [0.05, 0.1) is 23.3 Å². The Kier molecular flexibility index (Phi) is 6.59. The fourth-order valence-corrected chi connectivity index (χ4v) is 4.87. The van der Waals surface area contributed by atoms with Crippen LogP contribution in [0.5, 0.6) is 0 Å². The number of benzene rings is 3. The minimum absolute atomic E-state index is 0.0440. The van der Waals surface area contributed by atoms with Crippen molar-refractivity contribution in [2.24, 2.45) is 0 Å². The standard InChI is InChI=1S/C31H28N2O5/c1-18(2)38-31(37)21-13-11-20(12-14-21)17-33-27(22-8-6-7-19(3)15-22)26(29(35)30(33)36)28(34)24-16-32-25-10-5-4-9-23(24)25/h4-16,18,27,32,34H,17H2,1-3H3/b28-26-. The van der Waals surface area contributed by atoms with Gasteiger partial charge < -0.3 is 19.7 Å². The first kappa shape index (κ1) is 25.0. The summed E-state index contributed by atoms with van der Waals surface area (Å²) in [4.78, 5) is 43.6. The summed E-state index contributed by atoms with van der Waals surface area (Å²) >= 11 is 0. The molecule has 1 aliphatic rings.